The van der Waals surface area contributed by atoms with E-state index in [0.29, 0.717) is 16.7 Å². The number of para-hydroxylation sites is 1. The molecule has 4 aromatic rings. The monoisotopic (exact) mass is 582 g/mol. The Morgan fingerprint density at radius 2 is 1.73 bits per heavy atom. The van der Waals surface area contributed by atoms with Crippen molar-refractivity contribution >= 4 is 34.8 Å². The number of nitrogens with one attached hydrogen (secondary N) is 1. The van der Waals surface area contributed by atoms with Crippen LogP contribution in [0.1, 0.15) is 23.6 Å². The molecule has 9 nitrogen and oxygen atoms in total. The van der Waals surface area contributed by atoms with Gasteiger partial charge in [-0.2, -0.15) is 5.10 Å². The molecular formula is C28H25F3N6O3S. The van der Waals surface area contributed by atoms with Crippen LogP contribution < -0.4 is 10.2 Å². The molecule has 0 aliphatic carbocycles. The van der Waals surface area contributed by atoms with Crippen LogP contribution in [0.3, 0.4) is 0 Å². The Balaban J connectivity index is 1.42. The highest BCUT2D eigenvalue weighted by Crippen LogP contribution is 2.25. The summed E-state index contributed by atoms with van der Waals surface area (Å²) in [5.74, 6) is -0.186. The Labute approximate surface area is 238 Å². The minimum absolute atomic E-state index is 0.0848. The van der Waals surface area contributed by atoms with Gasteiger partial charge >= 0.3 is 12.3 Å². The molecule has 0 saturated heterocycles. The van der Waals surface area contributed by atoms with Gasteiger partial charge in [0.2, 0.25) is 0 Å². The van der Waals surface area contributed by atoms with Crippen LogP contribution in [0.2, 0.25) is 0 Å². The summed E-state index contributed by atoms with van der Waals surface area (Å²) in [4.78, 5) is 20.1. The molecule has 0 bridgehead atoms. The first-order valence-corrected chi connectivity index (χ1v) is 13.1. The topological polar surface area (TPSA) is 103 Å². The Morgan fingerprint density at radius 1 is 1.05 bits per heavy atom. The van der Waals surface area contributed by atoms with Crippen LogP contribution in [0.25, 0.3) is 17.1 Å². The highest BCUT2D eigenvalue weighted by Gasteiger charge is 2.31. The molecule has 0 aliphatic heterocycles. The number of aryl methyl sites for hydroxylation is 2. The molecule has 3 aromatic carbocycles. The number of halogens is 3. The summed E-state index contributed by atoms with van der Waals surface area (Å²) in [5.41, 5.74) is 7.78. The van der Waals surface area contributed by atoms with Crippen molar-refractivity contribution in [2.45, 2.75) is 27.1 Å². The third-order valence-electron chi connectivity index (χ3n) is 5.48. The van der Waals surface area contributed by atoms with E-state index < -0.39 is 6.36 Å². The smallest absolute Gasteiger partial charge is 0.454 e. The van der Waals surface area contributed by atoms with Gasteiger partial charge < -0.3 is 9.47 Å². The van der Waals surface area contributed by atoms with Gasteiger partial charge in [0.25, 0.3) is 0 Å². The van der Waals surface area contributed by atoms with Gasteiger partial charge in [0.15, 0.2) is 11.0 Å². The van der Waals surface area contributed by atoms with Gasteiger partial charge in [0.1, 0.15) is 18.0 Å². The van der Waals surface area contributed by atoms with Crippen LogP contribution in [-0.2, 0) is 9.53 Å². The molecule has 0 spiro atoms. The molecule has 0 saturated carbocycles. The number of esters is 1. The van der Waals surface area contributed by atoms with Crippen LogP contribution >= 0.6 is 11.8 Å². The second kappa shape index (κ2) is 13.1. The fourth-order valence-electron chi connectivity index (χ4n) is 3.54. The number of nitrogens with zero attached hydrogens (tertiary/aromatic N) is 5. The Bertz CT molecular complexity index is 1530. The first kappa shape index (κ1) is 29.3. The van der Waals surface area contributed by atoms with Crippen LogP contribution in [-0.4, -0.2) is 44.4 Å². The standard InChI is InChI=1S/C28H25F3N6O3S/c1-18-5-4-6-19(2)25(18)34-27(41-17-39-20(3)38)35-33-15-21-7-9-22(10-8-21)26-32-16-37(36-26)23-11-13-24(14-12-23)40-28(29,30)31/h4-16H,17H2,1-3H3,(H,34,35)/b33-15-. The minimum atomic E-state index is -4.75. The quantitative estimate of drug-likeness (QED) is 0.0853. The zero-order valence-electron chi connectivity index (χ0n) is 22.2. The largest absolute Gasteiger partial charge is 0.573 e. The summed E-state index contributed by atoms with van der Waals surface area (Å²) in [7, 11) is 0. The molecule has 212 valence electrons. The third-order valence-corrected chi connectivity index (χ3v) is 6.17. The third kappa shape index (κ3) is 8.67. The Morgan fingerprint density at radius 3 is 2.37 bits per heavy atom. The number of hydrogen-bond donors (Lipinski definition) is 1. The van der Waals surface area contributed by atoms with Crippen molar-refractivity contribution in [2.75, 3.05) is 5.94 Å². The van der Waals surface area contributed by atoms with E-state index in [-0.39, 0.29) is 17.7 Å². The van der Waals surface area contributed by atoms with Crippen molar-refractivity contribution in [1.29, 1.82) is 0 Å². The molecule has 0 unspecified atom stereocenters. The van der Waals surface area contributed by atoms with Gasteiger partial charge in [-0.1, -0.05) is 42.5 Å². The summed E-state index contributed by atoms with van der Waals surface area (Å²) in [6, 6.07) is 18.5. The average Bonchev–Trinajstić information content (AvgIpc) is 3.41. The lowest BCUT2D eigenvalue weighted by molar-refractivity contribution is -0.274. The average molecular weight is 583 g/mol. The molecule has 1 aromatic heterocycles. The number of aromatic nitrogens is 3. The van der Waals surface area contributed by atoms with Crippen molar-refractivity contribution in [2.24, 2.45) is 10.1 Å². The molecule has 4 rings (SSSR count). The lowest BCUT2D eigenvalue weighted by atomic mass is 10.1. The van der Waals surface area contributed by atoms with Crippen LogP contribution in [0.5, 0.6) is 5.75 Å². The van der Waals surface area contributed by atoms with E-state index in [9.17, 15) is 18.0 Å². The molecule has 0 radical (unpaired) electrons. The zero-order valence-corrected chi connectivity index (χ0v) is 23.0. The maximum atomic E-state index is 12.4. The number of rotatable bonds is 8. The highest BCUT2D eigenvalue weighted by molar-refractivity contribution is 8.13. The highest BCUT2D eigenvalue weighted by atomic mass is 32.2. The molecule has 0 amide bonds. The van der Waals surface area contributed by atoms with Gasteiger partial charge in [-0.15, -0.1) is 18.3 Å². The van der Waals surface area contributed by atoms with E-state index in [1.165, 1.54) is 54.0 Å². The van der Waals surface area contributed by atoms with Crippen molar-refractivity contribution in [1.82, 2.24) is 20.2 Å². The number of ether oxygens (including phenoxy) is 2. The summed E-state index contributed by atoms with van der Waals surface area (Å²) < 4.78 is 47.5. The number of carbonyl (C=O) groups excluding carboxylic acids is 1. The number of thioether (sulfide) groups is 1. The van der Waals surface area contributed by atoms with Gasteiger partial charge in [-0.05, 0) is 66.6 Å². The second-order valence-corrected chi connectivity index (χ2v) is 9.51. The molecule has 0 fully saturated rings. The maximum absolute atomic E-state index is 12.4. The molecule has 13 heteroatoms. The first-order valence-electron chi connectivity index (χ1n) is 12.2. The number of carbonyl (C=O) groups is 1. The summed E-state index contributed by atoms with van der Waals surface area (Å²) in [6.07, 6.45) is -1.67. The molecule has 0 atom stereocenters. The minimum Gasteiger partial charge on any atom is -0.454 e. The number of hydrazone groups is 1. The van der Waals surface area contributed by atoms with Gasteiger partial charge in [-0.3, -0.25) is 10.2 Å². The van der Waals surface area contributed by atoms with Gasteiger partial charge in [0, 0.05) is 12.5 Å². The number of alkyl halides is 3. The van der Waals surface area contributed by atoms with Crippen molar-refractivity contribution < 1.29 is 27.4 Å². The van der Waals surface area contributed by atoms with Crippen molar-refractivity contribution in [3.8, 4) is 22.8 Å². The molecular weight excluding hydrogens is 557 g/mol. The maximum Gasteiger partial charge on any atom is 0.573 e. The first-order chi connectivity index (χ1) is 19.6. The normalized spacial score (nSPS) is 12.0. The zero-order chi connectivity index (χ0) is 29.4. The van der Waals surface area contributed by atoms with Crippen LogP contribution in [0.15, 0.2) is 83.2 Å². The molecule has 1 N–H and O–H groups in total. The fourth-order valence-corrected chi connectivity index (χ4v) is 4.15. The Kier molecular flexibility index (Phi) is 9.40. The SMILES string of the molecule is CC(=O)OCSC(=Nc1c(C)cccc1C)N/N=C\c1ccc(-c2ncn(-c3ccc(OC(F)(F)F)cc3)n2)cc1. The summed E-state index contributed by atoms with van der Waals surface area (Å²) in [5, 5.41) is 9.16. The number of hydrogen-bond acceptors (Lipinski definition) is 8. The van der Waals surface area contributed by atoms with Crippen LogP contribution in [0, 0.1) is 13.8 Å². The van der Waals surface area contributed by atoms with E-state index in [1.54, 1.807) is 6.21 Å². The fraction of sp³-hybridized carbons (Fsp3) is 0.179. The molecule has 0 aliphatic rings. The summed E-state index contributed by atoms with van der Waals surface area (Å²) >= 11 is 1.21. The molecule has 1 heterocycles. The molecule has 41 heavy (non-hydrogen) atoms. The predicted octanol–water partition coefficient (Wildman–Crippen LogP) is 6.31. The second-order valence-electron chi connectivity index (χ2n) is 8.60. The van der Waals surface area contributed by atoms with Crippen molar-refractivity contribution in [3.63, 3.8) is 0 Å². The van der Waals surface area contributed by atoms with Gasteiger partial charge in [-0.25, -0.2) is 14.7 Å². The summed E-state index contributed by atoms with van der Waals surface area (Å²) in [6.45, 7) is 5.27. The number of benzene rings is 3. The number of amidine groups is 1. The predicted molar refractivity (Wildman–Crippen MR) is 151 cm³/mol. The lowest BCUT2D eigenvalue weighted by Crippen LogP contribution is -2.17. The Hall–Kier alpha value is -4.65. The van der Waals surface area contributed by atoms with E-state index in [4.69, 9.17) is 4.74 Å². The van der Waals surface area contributed by atoms with E-state index in [0.717, 1.165) is 27.9 Å². The van der Waals surface area contributed by atoms with E-state index >= 15 is 0 Å². The van der Waals surface area contributed by atoms with Gasteiger partial charge in [0.05, 0.1) is 17.6 Å². The van der Waals surface area contributed by atoms with Crippen molar-refractivity contribution in [3.05, 3.63) is 89.7 Å². The van der Waals surface area contributed by atoms with E-state index in [1.807, 2.05) is 56.3 Å². The van der Waals surface area contributed by atoms with Crippen LogP contribution in [0.4, 0.5) is 18.9 Å². The number of aliphatic imine (C=N–C) groups is 1. The van der Waals surface area contributed by atoms with E-state index in [2.05, 4.69) is 30.3 Å². The lowest BCUT2D eigenvalue weighted by Gasteiger charge is -2.09.